The van der Waals surface area contributed by atoms with E-state index in [1.807, 2.05) is 30.3 Å². The van der Waals surface area contributed by atoms with Crippen molar-refractivity contribution in [1.82, 2.24) is 9.97 Å². The standard InChI is InChI=1S/C15H12N2O3S/c18-21(19)10-11-4-6-12(7-5-11)14-9-20-15(17-14)13-3-1-2-8-16-13/h1-9H,10H2,(H,18,19)/p-1. The predicted octanol–water partition coefficient (Wildman–Crippen LogP) is 2.78. The summed E-state index contributed by atoms with van der Waals surface area (Å²) in [6.45, 7) is 0. The van der Waals surface area contributed by atoms with Gasteiger partial charge in [-0.05, 0) is 17.7 Å². The third kappa shape index (κ3) is 3.24. The van der Waals surface area contributed by atoms with Gasteiger partial charge in [-0.2, -0.15) is 0 Å². The fraction of sp³-hybridized carbons (Fsp3) is 0.0667. The molecule has 1 aromatic carbocycles. The Hall–Kier alpha value is -2.31. The topological polar surface area (TPSA) is 79.0 Å². The van der Waals surface area contributed by atoms with Gasteiger partial charge in [-0.25, -0.2) is 4.98 Å². The Balaban J connectivity index is 1.85. The Morgan fingerprint density at radius 3 is 2.57 bits per heavy atom. The van der Waals surface area contributed by atoms with Crippen LogP contribution >= 0.6 is 0 Å². The van der Waals surface area contributed by atoms with Crippen molar-refractivity contribution in [1.29, 1.82) is 0 Å². The van der Waals surface area contributed by atoms with E-state index in [0.29, 0.717) is 17.3 Å². The summed E-state index contributed by atoms with van der Waals surface area (Å²) in [6, 6.07) is 12.7. The summed E-state index contributed by atoms with van der Waals surface area (Å²) >= 11 is -2.08. The van der Waals surface area contributed by atoms with Gasteiger partial charge in [-0.15, -0.1) is 0 Å². The number of pyridine rings is 1. The molecule has 2 aromatic heterocycles. The zero-order valence-electron chi connectivity index (χ0n) is 10.9. The first-order valence-corrected chi connectivity index (χ1v) is 7.49. The van der Waals surface area contributed by atoms with Crippen molar-refractivity contribution < 1.29 is 13.2 Å². The molecule has 5 nitrogen and oxygen atoms in total. The molecule has 0 bridgehead atoms. The summed E-state index contributed by atoms with van der Waals surface area (Å²) in [7, 11) is 0. The Labute approximate surface area is 124 Å². The maximum atomic E-state index is 10.6. The van der Waals surface area contributed by atoms with Crippen LogP contribution in [0, 0.1) is 0 Å². The van der Waals surface area contributed by atoms with Crippen LogP contribution in [0.5, 0.6) is 0 Å². The Morgan fingerprint density at radius 1 is 1.10 bits per heavy atom. The van der Waals surface area contributed by atoms with Gasteiger partial charge in [0.25, 0.3) is 0 Å². The zero-order chi connectivity index (χ0) is 14.7. The van der Waals surface area contributed by atoms with E-state index in [-0.39, 0.29) is 5.75 Å². The molecule has 1 unspecified atom stereocenters. The summed E-state index contributed by atoms with van der Waals surface area (Å²) < 4.78 is 26.7. The van der Waals surface area contributed by atoms with Crippen LogP contribution in [0.15, 0.2) is 59.3 Å². The lowest BCUT2D eigenvalue weighted by Gasteiger charge is -2.05. The molecule has 0 aliphatic rings. The van der Waals surface area contributed by atoms with Gasteiger partial charge in [0.1, 0.15) is 17.7 Å². The third-order valence-corrected chi connectivity index (χ3v) is 3.49. The number of hydrogen-bond acceptors (Lipinski definition) is 5. The molecule has 1 atom stereocenters. The minimum atomic E-state index is -2.08. The molecule has 0 saturated heterocycles. The molecule has 6 heteroatoms. The van der Waals surface area contributed by atoms with Crippen LogP contribution in [-0.4, -0.2) is 18.7 Å². The number of oxazole rings is 1. The number of hydrogen-bond donors (Lipinski definition) is 0. The molecule has 0 saturated carbocycles. The van der Waals surface area contributed by atoms with Crippen molar-refractivity contribution in [2.75, 3.05) is 0 Å². The Bertz CT molecular complexity index is 754. The lowest BCUT2D eigenvalue weighted by molar-refractivity contribution is 0.536. The lowest BCUT2D eigenvalue weighted by atomic mass is 10.1. The first-order chi connectivity index (χ1) is 10.2. The van der Waals surface area contributed by atoms with E-state index >= 15 is 0 Å². The maximum absolute atomic E-state index is 10.6. The van der Waals surface area contributed by atoms with E-state index < -0.39 is 11.1 Å². The zero-order valence-corrected chi connectivity index (χ0v) is 11.7. The van der Waals surface area contributed by atoms with Gasteiger partial charge in [-0.1, -0.05) is 41.4 Å². The highest BCUT2D eigenvalue weighted by Gasteiger charge is 2.09. The fourth-order valence-electron chi connectivity index (χ4n) is 1.92. The number of aromatic nitrogens is 2. The number of benzene rings is 1. The molecule has 2 heterocycles. The molecule has 0 aliphatic carbocycles. The summed E-state index contributed by atoms with van der Waals surface area (Å²) in [5.41, 5.74) is 2.95. The first-order valence-electron chi connectivity index (χ1n) is 6.24. The maximum Gasteiger partial charge on any atom is 0.245 e. The highest BCUT2D eigenvalue weighted by Crippen LogP contribution is 2.23. The quantitative estimate of drug-likeness (QED) is 0.692. The average Bonchev–Trinajstić information content (AvgIpc) is 2.98. The van der Waals surface area contributed by atoms with Crippen molar-refractivity contribution >= 4 is 11.1 Å². The second-order valence-electron chi connectivity index (χ2n) is 4.40. The Morgan fingerprint density at radius 2 is 1.90 bits per heavy atom. The molecular weight excluding hydrogens is 288 g/mol. The smallest absolute Gasteiger partial charge is 0.245 e. The first kappa shape index (κ1) is 13.7. The van der Waals surface area contributed by atoms with Gasteiger partial charge in [0.05, 0.1) is 0 Å². The summed E-state index contributed by atoms with van der Waals surface area (Å²) in [5, 5.41) is 0. The molecule has 21 heavy (non-hydrogen) atoms. The van der Waals surface area contributed by atoms with Gasteiger partial charge in [-0.3, -0.25) is 9.19 Å². The monoisotopic (exact) mass is 299 g/mol. The van der Waals surface area contributed by atoms with E-state index in [9.17, 15) is 8.76 Å². The van der Waals surface area contributed by atoms with Crippen molar-refractivity contribution in [3.8, 4) is 22.8 Å². The lowest BCUT2D eigenvalue weighted by Crippen LogP contribution is -1.92. The highest BCUT2D eigenvalue weighted by molar-refractivity contribution is 7.78. The van der Waals surface area contributed by atoms with E-state index in [1.165, 1.54) is 0 Å². The summed E-state index contributed by atoms with van der Waals surface area (Å²) in [6.07, 6.45) is 3.24. The summed E-state index contributed by atoms with van der Waals surface area (Å²) in [5.74, 6) is 0.466. The predicted molar refractivity (Wildman–Crippen MR) is 77.8 cm³/mol. The molecule has 3 aromatic rings. The second-order valence-corrected chi connectivity index (χ2v) is 5.29. The molecule has 0 radical (unpaired) electrons. The molecule has 0 fully saturated rings. The van der Waals surface area contributed by atoms with Crippen molar-refractivity contribution in [3.63, 3.8) is 0 Å². The van der Waals surface area contributed by atoms with E-state index in [0.717, 1.165) is 11.1 Å². The van der Waals surface area contributed by atoms with Gasteiger partial charge in [0.15, 0.2) is 0 Å². The van der Waals surface area contributed by atoms with E-state index in [2.05, 4.69) is 9.97 Å². The van der Waals surface area contributed by atoms with Crippen LogP contribution in [0.25, 0.3) is 22.8 Å². The normalized spacial score (nSPS) is 12.2. The van der Waals surface area contributed by atoms with Crippen LogP contribution in [0.3, 0.4) is 0 Å². The van der Waals surface area contributed by atoms with Gasteiger partial charge >= 0.3 is 0 Å². The number of rotatable bonds is 4. The molecule has 106 valence electrons. The molecule has 0 amide bonds. The molecule has 0 spiro atoms. The number of nitrogens with zero attached hydrogens (tertiary/aromatic N) is 2. The molecule has 0 aliphatic heterocycles. The largest absolute Gasteiger partial charge is 0.772 e. The fourth-order valence-corrected chi connectivity index (χ4v) is 2.39. The van der Waals surface area contributed by atoms with Crippen LogP contribution in [0.4, 0.5) is 0 Å². The third-order valence-electron chi connectivity index (χ3n) is 2.92. The van der Waals surface area contributed by atoms with Gasteiger partial charge < -0.3 is 8.97 Å². The van der Waals surface area contributed by atoms with Gasteiger partial charge in [0.2, 0.25) is 5.89 Å². The van der Waals surface area contributed by atoms with Crippen LogP contribution in [0.1, 0.15) is 5.56 Å². The van der Waals surface area contributed by atoms with Crippen LogP contribution in [0.2, 0.25) is 0 Å². The summed E-state index contributed by atoms with van der Waals surface area (Å²) in [4.78, 5) is 8.57. The second kappa shape index (κ2) is 5.99. The average molecular weight is 299 g/mol. The highest BCUT2D eigenvalue weighted by atomic mass is 32.2. The molecule has 0 N–H and O–H groups in total. The minimum absolute atomic E-state index is 0.0122. The van der Waals surface area contributed by atoms with Crippen molar-refractivity contribution in [3.05, 3.63) is 60.5 Å². The minimum Gasteiger partial charge on any atom is -0.772 e. The van der Waals surface area contributed by atoms with Crippen molar-refractivity contribution in [2.24, 2.45) is 0 Å². The van der Waals surface area contributed by atoms with E-state index in [4.69, 9.17) is 4.42 Å². The SMILES string of the molecule is O=S([O-])Cc1ccc(-c2coc(-c3ccccn3)n2)cc1. The molecular formula is C15H11N2O3S-. The van der Waals surface area contributed by atoms with Crippen LogP contribution < -0.4 is 0 Å². The molecule has 3 rings (SSSR count). The van der Waals surface area contributed by atoms with Gasteiger partial charge in [0, 0.05) is 17.5 Å². The van der Waals surface area contributed by atoms with E-state index in [1.54, 1.807) is 24.6 Å². The Kier molecular flexibility index (Phi) is 3.89. The van der Waals surface area contributed by atoms with Crippen LogP contribution in [-0.2, 0) is 16.8 Å². The van der Waals surface area contributed by atoms with Crippen molar-refractivity contribution in [2.45, 2.75) is 5.75 Å².